The number of hydrogen-bond acceptors (Lipinski definition) is 2. The predicted molar refractivity (Wildman–Crippen MR) is 128 cm³/mol. The molecular weight excluding hydrogens is 364 g/mol. The lowest BCUT2D eigenvalue weighted by molar-refractivity contribution is 0.439. The molecule has 1 saturated carbocycles. The molecular formula is C28H30N2. The number of fused-ring (bicyclic) bond motifs is 3. The van der Waals surface area contributed by atoms with Crippen LogP contribution in [0.25, 0.3) is 22.3 Å². The van der Waals surface area contributed by atoms with Gasteiger partial charge in [-0.25, -0.2) is 0 Å². The Bertz CT molecular complexity index is 1100. The largest absolute Gasteiger partial charge is 0.378 e. The summed E-state index contributed by atoms with van der Waals surface area (Å²) in [6.07, 6.45) is 7.12. The number of hydrogen-bond donors (Lipinski definition) is 1. The van der Waals surface area contributed by atoms with Crippen LogP contribution in [0.4, 0.5) is 5.69 Å². The van der Waals surface area contributed by atoms with Gasteiger partial charge in [-0.15, -0.1) is 0 Å². The highest BCUT2D eigenvalue weighted by Gasteiger charge is 2.25. The topological polar surface area (TPSA) is 27.1 Å². The van der Waals surface area contributed by atoms with Crippen molar-refractivity contribution in [2.24, 2.45) is 5.92 Å². The molecule has 0 aliphatic heterocycles. The highest BCUT2D eigenvalue weighted by atomic mass is 15.1. The summed E-state index contributed by atoms with van der Waals surface area (Å²) in [5, 5.41) is 9.16. The molecule has 0 amide bonds. The first-order valence-electron chi connectivity index (χ1n) is 11.2. The first kappa shape index (κ1) is 19.1. The van der Waals surface area contributed by atoms with Crippen molar-refractivity contribution in [2.45, 2.75) is 38.5 Å². The molecule has 0 bridgehead atoms. The van der Waals surface area contributed by atoms with E-state index in [0.29, 0.717) is 5.92 Å². The van der Waals surface area contributed by atoms with E-state index >= 15 is 0 Å². The van der Waals surface area contributed by atoms with Gasteiger partial charge in [0.05, 0.1) is 0 Å². The van der Waals surface area contributed by atoms with E-state index in [4.69, 9.17) is 5.41 Å². The van der Waals surface area contributed by atoms with Crippen LogP contribution in [0.1, 0.15) is 48.8 Å². The van der Waals surface area contributed by atoms with Gasteiger partial charge < -0.3 is 10.3 Å². The first-order valence-corrected chi connectivity index (χ1v) is 11.2. The first-order chi connectivity index (χ1) is 14.6. The molecule has 2 heteroatoms. The van der Waals surface area contributed by atoms with Crippen LogP contribution in [-0.2, 0) is 6.42 Å². The average Bonchev–Trinajstić information content (AvgIpc) is 3.17. The fourth-order valence-corrected chi connectivity index (χ4v) is 5.29. The molecule has 3 aromatic rings. The molecule has 2 aliphatic carbocycles. The summed E-state index contributed by atoms with van der Waals surface area (Å²) >= 11 is 0. The Labute approximate surface area is 180 Å². The van der Waals surface area contributed by atoms with Gasteiger partial charge >= 0.3 is 0 Å². The van der Waals surface area contributed by atoms with Crippen molar-refractivity contribution >= 4 is 11.4 Å². The molecule has 0 spiro atoms. The molecule has 2 nitrogen and oxygen atoms in total. The summed E-state index contributed by atoms with van der Waals surface area (Å²) in [5.74, 6) is 0.392. The molecule has 1 fully saturated rings. The minimum Gasteiger partial charge on any atom is -0.378 e. The molecule has 30 heavy (non-hydrogen) atoms. The van der Waals surface area contributed by atoms with Crippen LogP contribution in [0, 0.1) is 11.3 Å². The SMILES string of the molecule is CN(C)c1ccc(-c2cccc3c2Cc2ccccc2-3)c(C(=N)C2CCCCC2)c1. The van der Waals surface area contributed by atoms with Gasteiger partial charge in [-0.3, -0.25) is 0 Å². The third-order valence-electron chi connectivity index (χ3n) is 6.96. The standard InChI is InChI=1S/C28H30N2/c1-30(2)21-15-16-25(27(18-21)28(29)19-9-4-3-5-10-19)24-14-8-13-23-22-12-7-6-11-20(22)17-26(23)24/h6-8,11-16,18-19,29H,3-5,9-10,17H2,1-2H3. The Balaban J connectivity index is 1.64. The van der Waals surface area contributed by atoms with E-state index in [-0.39, 0.29) is 0 Å². The van der Waals surface area contributed by atoms with Crippen LogP contribution in [0.2, 0.25) is 0 Å². The minimum atomic E-state index is 0.392. The number of nitrogens with one attached hydrogen (secondary N) is 1. The summed E-state index contributed by atoms with van der Waals surface area (Å²) in [7, 11) is 4.17. The maximum absolute atomic E-state index is 9.16. The van der Waals surface area contributed by atoms with E-state index in [9.17, 15) is 0 Å². The predicted octanol–water partition coefficient (Wildman–Crippen LogP) is 6.94. The summed E-state index contributed by atoms with van der Waals surface area (Å²) in [4.78, 5) is 2.15. The quantitative estimate of drug-likeness (QED) is 0.373. The van der Waals surface area contributed by atoms with Crippen LogP contribution < -0.4 is 4.90 Å². The number of anilines is 1. The summed E-state index contributed by atoms with van der Waals surface area (Å²) in [5.41, 5.74) is 11.2. The van der Waals surface area contributed by atoms with Crippen molar-refractivity contribution in [1.29, 1.82) is 5.41 Å². The number of nitrogens with zero attached hydrogens (tertiary/aromatic N) is 1. The molecule has 2 aliphatic rings. The highest BCUT2D eigenvalue weighted by Crippen LogP contribution is 2.43. The van der Waals surface area contributed by atoms with E-state index in [1.165, 1.54) is 58.3 Å². The molecule has 5 rings (SSSR count). The van der Waals surface area contributed by atoms with Crippen LogP contribution in [-0.4, -0.2) is 19.8 Å². The maximum atomic E-state index is 9.16. The molecule has 0 saturated heterocycles. The normalized spacial score (nSPS) is 15.5. The zero-order chi connectivity index (χ0) is 20.7. The zero-order valence-corrected chi connectivity index (χ0v) is 18.0. The maximum Gasteiger partial charge on any atom is 0.0424 e. The zero-order valence-electron chi connectivity index (χ0n) is 18.0. The van der Waals surface area contributed by atoms with Gasteiger partial charge in [0.25, 0.3) is 0 Å². The van der Waals surface area contributed by atoms with Crippen molar-refractivity contribution in [3.05, 3.63) is 77.4 Å². The molecule has 0 unspecified atom stereocenters. The van der Waals surface area contributed by atoms with Gasteiger partial charge in [-0.2, -0.15) is 0 Å². The van der Waals surface area contributed by atoms with Crippen molar-refractivity contribution < 1.29 is 0 Å². The Morgan fingerprint density at radius 1 is 0.800 bits per heavy atom. The smallest absolute Gasteiger partial charge is 0.0424 e. The Morgan fingerprint density at radius 3 is 2.27 bits per heavy atom. The lowest BCUT2D eigenvalue weighted by Crippen LogP contribution is -2.19. The summed E-state index contributed by atoms with van der Waals surface area (Å²) in [6.45, 7) is 0. The van der Waals surface area contributed by atoms with Gasteiger partial charge in [0.15, 0.2) is 0 Å². The third kappa shape index (κ3) is 3.25. The summed E-state index contributed by atoms with van der Waals surface area (Å²) < 4.78 is 0. The number of rotatable bonds is 4. The molecule has 0 radical (unpaired) electrons. The van der Waals surface area contributed by atoms with Crippen molar-refractivity contribution in [2.75, 3.05) is 19.0 Å². The monoisotopic (exact) mass is 394 g/mol. The lowest BCUT2D eigenvalue weighted by Gasteiger charge is -2.25. The van der Waals surface area contributed by atoms with Gasteiger partial charge in [-0.05, 0) is 64.8 Å². The van der Waals surface area contributed by atoms with E-state index < -0.39 is 0 Å². The van der Waals surface area contributed by atoms with Crippen LogP contribution in [0.5, 0.6) is 0 Å². The average molecular weight is 395 g/mol. The third-order valence-corrected chi connectivity index (χ3v) is 6.96. The second kappa shape index (κ2) is 7.75. The Kier molecular flexibility index (Phi) is 4.94. The summed E-state index contributed by atoms with van der Waals surface area (Å²) in [6, 6.07) is 22.2. The van der Waals surface area contributed by atoms with E-state index in [1.54, 1.807) is 0 Å². The van der Waals surface area contributed by atoms with Crippen LogP contribution in [0.3, 0.4) is 0 Å². The Hall–Kier alpha value is -2.87. The van der Waals surface area contributed by atoms with Gasteiger partial charge in [0, 0.05) is 37.0 Å². The van der Waals surface area contributed by atoms with Gasteiger partial charge in [-0.1, -0.05) is 67.8 Å². The van der Waals surface area contributed by atoms with E-state index in [0.717, 1.165) is 30.5 Å². The molecule has 0 heterocycles. The van der Waals surface area contributed by atoms with Crippen molar-refractivity contribution in [3.8, 4) is 22.3 Å². The van der Waals surface area contributed by atoms with E-state index in [2.05, 4.69) is 79.7 Å². The molecule has 0 aromatic heterocycles. The molecule has 1 N–H and O–H groups in total. The van der Waals surface area contributed by atoms with E-state index in [1.807, 2.05) is 0 Å². The van der Waals surface area contributed by atoms with Crippen LogP contribution in [0.15, 0.2) is 60.7 Å². The van der Waals surface area contributed by atoms with Crippen molar-refractivity contribution in [1.82, 2.24) is 0 Å². The minimum absolute atomic E-state index is 0.392. The van der Waals surface area contributed by atoms with Gasteiger partial charge in [0.1, 0.15) is 0 Å². The van der Waals surface area contributed by atoms with Crippen LogP contribution >= 0.6 is 0 Å². The number of benzene rings is 3. The molecule has 3 aromatic carbocycles. The lowest BCUT2D eigenvalue weighted by atomic mass is 9.80. The molecule has 152 valence electrons. The van der Waals surface area contributed by atoms with Crippen molar-refractivity contribution in [3.63, 3.8) is 0 Å². The highest BCUT2D eigenvalue weighted by molar-refractivity contribution is 6.07. The second-order valence-electron chi connectivity index (χ2n) is 9.04. The second-order valence-corrected chi connectivity index (χ2v) is 9.04. The Morgan fingerprint density at radius 2 is 1.50 bits per heavy atom. The molecule has 0 atom stereocenters. The fourth-order valence-electron chi connectivity index (χ4n) is 5.29. The fraction of sp³-hybridized carbons (Fsp3) is 0.321. The van der Waals surface area contributed by atoms with Gasteiger partial charge in [0.2, 0.25) is 0 Å².